The van der Waals surface area contributed by atoms with E-state index in [4.69, 9.17) is 13.3 Å². The lowest BCUT2D eigenvalue weighted by molar-refractivity contribution is 0.0708. The van der Waals surface area contributed by atoms with Crippen LogP contribution in [-0.4, -0.2) is 33.7 Å². The summed E-state index contributed by atoms with van der Waals surface area (Å²) in [5, 5.41) is 9.97. The molecule has 27 heavy (non-hydrogen) atoms. The molecule has 2 aromatic carbocycles. The van der Waals surface area contributed by atoms with Crippen molar-refractivity contribution in [3.8, 4) is 16.9 Å². The minimum Gasteiger partial charge on any atom is -0.508 e. The maximum absolute atomic E-state index is 9.97. The van der Waals surface area contributed by atoms with Crippen molar-refractivity contribution in [1.82, 2.24) is 0 Å². The second kappa shape index (κ2) is 11.0. The average molecular weight is 453 g/mol. The lowest BCUT2D eigenvalue weighted by atomic mass is 9.96. The summed E-state index contributed by atoms with van der Waals surface area (Å²) in [6.45, 7) is 7.68. The first-order valence-electron chi connectivity index (χ1n) is 9.53. The van der Waals surface area contributed by atoms with Gasteiger partial charge in [0.15, 0.2) is 0 Å². The van der Waals surface area contributed by atoms with Gasteiger partial charge < -0.3 is 18.4 Å². The van der Waals surface area contributed by atoms with Crippen molar-refractivity contribution in [3.05, 3.63) is 52.5 Å². The predicted octanol–water partition coefficient (Wildman–Crippen LogP) is 5.80. The van der Waals surface area contributed by atoms with Crippen LogP contribution in [0.1, 0.15) is 32.8 Å². The molecule has 0 aliphatic carbocycles. The highest BCUT2D eigenvalue weighted by molar-refractivity contribution is 9.10. The Kier molecular flexibility index (Phi) is 8.99. The molecule has 0 bridgehead atoms. The third kappa shape index (κ3) is 6.43. The molecular formula is C21H29BrO4Si. The van der Waals surface area contributed by atoms with Crippen LogP contribution in [-0.2, 0) is 19.7 Å². The van der Waals surface area contributed by atoms with Gasteiger partial charge in [0, 0.05) is 30.3 Å². The Morgan fingerprint density at radius 2 is 1.48 bits per heavy atom. The van der Waals surface area contributed by atoms with Gasteiger partial charge in [-0.15, -0.1) is 0 Å². The molecule has 0 heterocycles. The van der Waals surface area contributed by atoms with Gasteiger partial charge in [0.05, 0.1) is 0 Å². The molecule has 148 valence electrons. The van der Waals surface area contributed by atoms with E-state index in [-0.39, 0.29) is 5.75 Å². The van der Waals surface area contributed by atoms with Crippen molar-refractivity contribution in [2.24, 2.45) is 0 Å². The summed E-state index contributed by atoms with van der Waals surface area (Å²) in [7, 11) is -2.64. The van der Waals surface area contributed by atoms with Crippen molar-refractivity contribution in [2.75, 3.05) is 19.8 Å². The molecular weight excluding hydrogens is 424 g/mol. The lowest BCUT2D eigenvalue weighted by Gasteiger charge is -2.28. The van der Waals surface area contributed by atoms with Crippen LogP contribution in [0, 0.1) is 0 Å². The number of aromatic hydroxyl groups is 1. The molecule has 0 aliphatic rings. The van der Waals surface area contributed by atoms with Gasteiger partial charge in [0.2, 0.25) is 0 Å². The quantitative estimate of drug-likeness (QED) is 0.437. The number of aryl methyl sites for hydroxylation is 1. The zero-order valence-electron chi connectivity index (χ0n) is 16.3. The molecule has 4 nitrogen and oxygen atoms in total. The maximum Gasteiger partial charge on any atom is 0.500 e. The highest BCUT2D eigenvalue weighted by atomic mass is 79.9. The molecule has 0 spiro atoms. The zero-order chi connectivity index (χ0) is 19.7. The Bertz CT molecular complexity index is 689. The molecule has 0 aromatic heterocycles. The topological polar surface area (TPSA) is 47.9 Å². The summed E-state index contributed by atoms with van der Waals surface area (Å²) in [6, 6.07) is 14.6. The lowest BCUT2D eigenvalue weighted by Crippen LogP contribution is -2.46. The Morgan fingerprint density at radius 3 is 2.04 bits per heavy atom. The fraction of sp³-hybridized carbons (Fsp3) is 0.429. The monoisotopic (exact) mass is 452 g/mol. The Balaban J connectivity index is 2.16. The van der Waals surface area contributed by atoms with Crippen LogP contribution in [0.5, 0.6) is 5.75 Å². The minimum absolute atomic E-state index is 0.286. The highest BCUT2D eigenvalue weighted by Crippen LogP contribution is 2.30. The zero-order valence-corrected chi connectivity index (χ0v) is 18.9. The minimum atomic E-state index is -2.64. The van der Waals surface area contributed by atoms with Crippen LogP contribution >= 0.6 is 15.9 Å². The number of phenols is 1. The highest BCUT2D eigenvalue weighted by Gasteiger charge is 2.39. The smallest absolute Gasteiger partial charge is 0.500 e. The van der Waals surface area contributed by atoms with E-state index in [2.05, 4.69) is 28.1 Å². The second-order valence-corrected chi connectivity index (χ2v) is 9.83. The molecule has 2 aromatic rings. The van der Waals surface area contributed by atoms with Gasteiger partial charge in [0.25, 0.3) is 0 Å². The van der Waals surface area contributed by atoms with Gasteiger partial charge in [-0.1, -0.05) is 34.1 Å². The molecule has 0 unspecified atom stereocenters. The van der Waals surface area contributed by atoms with Crippen LogP contribution in [0.15, 0.2) is 46.9 Å². The van der Waals surface area contributed by atoms with Gasteiger partial charge in [-0.05, 0) is 74.6 Å². The van der Waals surface area contributed by atoms with E-state index in [1.165, 1.54) is 0 Å². The fourth-order valence-electron chi connectivity index (χ4n) is 3.19. The summed E-state index contributed by atoms with van der Waals surface area (Å²) < 4.78 is 18.9. The standard InChI is InChI=1S/C21H29BrO4Si/c1-4-24-27(25-5-2,26-6-3)15-7-8-18-16-20(23)13-14-21(18)17-9-11-19(22)12-10-17/h9-14,16,23H,4-8,15H2,1-3H3. The first-order chi connectivity index (χ1) is 13.0. The molecule has 2 rings (SSSR count). The van der Waals surface area contributed by atoms with Crippen LogP contribution in [0.25, 0.3) is 11.1 Å². The Hall–Kier alpha value is -1.18. The molecule has 0 aliphatic heterocycles. The van der Waals surface area contributed by atoms with E-state index >= 15 is 0 Å². The van der Waals surface area contributed by atoms with E-state index in [0.29, 0.717) is 19.8 Å². The van der Waals surface area contributed by atoms with Crippen molar-refractivity contribution < 1.29 is 18.4 Å². The summed E-state index contributed by atoms with van der Waals surface area (Å²) in [6.07, 6.45) is 1.70. The summed E-state index contributed by atoms with van der Waals surface area (Å²) in [5.41, 5.74) is 3.39. The van der Waals surface area contributed by atoms with Crippen LogP contribution in [0.3, 0.4) is 0 Å². The first-order valence-corrected chi connectivity index (χ1v) is 12.3. The van der Waals surface area contributed by atoms with Gasteiger partial charge in [-0.2, -0.15) is 0 Å². The molecule has 0 saturated carbocycles. The van der Waals surface area contributed by atoms with Gasteiger partial charge >= 0.3 is 8.80 Å². The third-order valence-electron chi connectivity index (χ3n) is 4.27. The number of benzene rings is 2. The first kappa shape index (κ1) is 22.1. The van der Waals surface area contributed by atoms with E-state index in [1.807, 2.05) is 45.0 Å². The second-order valence-electron chi connectivity index (χ2n) is 6.18. The molecule has 0 fully saturated rings. The normalized spacial score (nSPS) is 11.7. The Labute approximate surface area is 172 Å². The summed E-state index contributed by atoms with van der Waals surface area (Å²) >= 11 is 3.48. The third-order valence-corrected chi connectivity index (χ3v) is 7.95. The van der Waals surface area contributed by atoms with Crippen molar-refractivity contribution in [1.29, 1.82) is 0 Å². The Morgan fingerprint density at radius 1 is 0.889 bits per heavy atom. The van der Waals surface area contributed by atoms with Gasteiger partial charge in [-0.25, -0.2) is 0 Å². The molecule has 1 N–H and O–H groups in total. The molecule has 0 amide bonds. The van der Waals surface area contributed by atoms with Crippen molar-refractivity contribution in [3.63, 3.8) is 0 Å². The summed E-state index contributed by atoms with van der Waals surface area (Å²) in [4.78, 5) is 0. The predicted molar refractivity (Wildman–Crippen MR) is 115 cm³/mol. The fourth-order valence-corrected chi connectivity index (χ4v) is 6.07. The van der Waals surface area contributed by atoms with Crippen LogP contribution in [0.4, 0.5) is 0 Å². The van der Waals surface area contributed by atoms with E-state index < -0.39 is 8.80 Å². The molecule has 0 atom stereocenters. The largest absolute Gasteiger partial charge is 0.508 e. The van der Waals surface area contributed by atoms with Crippen molar-refractivity contribution in [2.45, 2.75) is 39.7 Å². The van der Waals surface area contributed by atoms with E-state index in [9.17, 15) is 5.11 Å². The van der Waals surface area contributed by atoms with Gasteiger partial charge in [0.1, 0.15) is 5.75 Å². The van der Waals surface area contributed by atoms with Crippen LogP contribution < -0.4 is 0 Å². The SMILES string of the molecule is CCO[Si](CCCc1cc(O)ccc1-c1ccc(Br)cc1)(OCC)OCC. The average Bonchev–Trinajstić information content (AvgIpc) is 2.63. The number of halogens is 1. The number of phenolic OH excluding ortho intramolecular Hbond substituents is 1. The van der Waals surface area contributed by atoms with Gasteiger partial charge in [-0.3, -0.25) is 0 Å². The summed E-state index contributed by atoms with van der Waals surface area (Å²) in [5.74, 6) is 0.286. The van der Waals surface area contributed by atoms with Crippen molar-refractivity contribution >= 4 is 24.7 Å². The number of hydrogen-bond acceptors (Lipinski definition) is 4. The van der Waals surface area contributed by atoms with E-state index in [0.717, 1.165) is 40.0 Å². The molecule has 6 heteroatoms. The number of hydrogen-bond donors (Lipinski definition) is 1. The van der Waals surface area contributed by atoms with Crippen LogP contribution in [0.2, 0.25) is 6.04 Å². The molecule has 0 saturated heterocycles. The van der Waals surface area contributed by atoms with E-state index in [1.54, 1.807) is 6.07 Å². The maximum atomic E-state index is 9.97. The molecule has 0 radical (unpaired) electrons. The number of rotatable bonds is 11.